The van der Waals surface area contributed by atoms with Crippen LogP contribution in [0.1, 0.15) is 5.56 Å². The largest absolute Gasteiger partial charge is 0.396 e. The van der Waals surface area contributed by atoms with Crippen LogP contribution in [0.2, 0.25) is 5.02 Å². The summed E-state index contributed by atoms with van der Waals surface area (Å²) in [4.78, 5) is 2.33. The van der Waals surface area contributed by atoms with Gasteiger partial charge in [-0.3, -0.25) is 4.90 Å². The van der Waals surface area contributed by atoms with Gasteiger partial charge in [-0.1, -0.05) is 11.6 Å². The fourth-order valence-corrected chi connectivity index (χ4v) is 2.53. The number of benzene rings is 1. The van der Waals surface area contributed by atoms with E-state index in [2.05, 4.69) is 27.5 Å². The number of hydrogen-bond acceptors (Lipinski definition) is 2. The summed E-state index contributed by atoms with van der Waals surface area (Å²) < 4.78 is 1.25. The lowest BCUT2D eigenvalue weighted by atomic mass is 10.0. The lowest BCUT2D eigenvalue weighted by Crippen LogP contribution is -2.47. The van der Waals surface area contributed by atoms with E-state index in [1.807, 2.05) is 18.2 Å². The minimum atomic E-state index is 0.309. The van der Waals surface area contributed by atoms with Crippen LogP contribution in [0.5, 0.6) is 0 Å². The summed E-state index contributed by atoms with van der Waals surface area (Å²) in [5, 5.41) is 9.72. The van der Waals surface area contributed by atoms with E-state index in [1.165, 1.54) is 9.13 Å². The standard InChI is InChI=1S/C11H13ClINO/c12-10-1-2-11(13)9(3-10)6-14-4-8(5-14)7-15/h1-3,8,15H,4-7H2. The maximum absolute atomic E-state index is 8.92. The van der Waals surface area contributed by atoms with Gasteiger partial charge in [-0.2, -0.15) is 0 Å². The molecule has 0 aromatic heterocycles. The quantitative estimate of drug-likeness (QED) is 0.856. The summed E-state index contributed by atoms with van der Waals surface area (Å²) >= 11 is 8.29. The fraction of sp³-hybridized carbons (Fsp3) is 0.455. The Balaban J connectivity index is 1.97. The van der Waals surface area contributed by atoms with Crippen molar-refractivity contribution in [3.05, 3.63) is 32.4 Å². The molecule has 1 saturated heterocycles. The van der Waals surface area contributed by atoms with Gasteiger partial charge >= 0.3 is 0 Å². The Morgan fingerprint density at radius 1 is 1.47 bits per heavy atom. The molecule has 1 aliphatic heterocycles. The number of aliphatic hydroxyl groups excluding tert-OH is 1. The van der Waals surface area contributed by atoms with Crippen molar-refractivity contribution >= 4 is 34.2 Å². The first-order chi connectivity index (χ1) is 7.19. The van der Waals surface area contributed by atoms with Crippen LogP contribution in [0.3, 0.4) is 0 Å². The molecule has 2 nitrogen and oxygen atoms in total. The van der Waals surface area contributed by atoms with Crippen LogP contribution >= 0.6 is 34.2 Å². The van der Waals surface area contributed by atoms with Gasteiger partial charge < -0.3 is 5.11 Å². The molecule has 82 valence electrons. The molecule has 2 rings (SSSR count). The zero-order chi connectivity index (χ0) is 10.8. The molecule has 0 amide bonds. The van der Waals surface area contributed by atoms with Gasteiger partial charge in [0.1, 0.15) is 0 Å². The molecule has 0 atom stereocenters. The Morgan fingerprint density at radius 2 is 2.20 bits per heavy atom. The van der Waals surface area contributed by atoms with Crippen molar-refractivity contribution in [1.29, 1.82) is 0 Å². The second kappa shape index (κ2) is 4.99. The Kier molecular flexibility index (Phi) is 3.88. The highest BCUT2D eigenvalue weighted by molar-refractivity contribution is 14.1. The average Bonchev–Trinajstić information content (AvgIpc) is 2.16. The highest BCUT2D eigenvalue weighted by atomic mass is 127. The number of hydrogen-bond donors (Lipinski definition) is 1. The molecular formula is C11H13ClINO. The highest BCUT2D eigenvalue weighted by Crippen LogP contribution is 2.23. The van der Waals surface area contributed by atoms with Crippen LogP contribution in [0.25, 0.3) is 0 Å². The molecule has 0 aliphatic carbocycles. The van der Waals surface area contributed by atoms with E-state index in [0.29, 0.717) is 12.5 Å². The van der Waals surface area contributed by atoms with Crippen LogP contribution in [0.4, 0.5) is 0 Å². The molecule has 0 saturated carbocycles. The number of aliphatic hydroxyl groups is 1. The van der Waals surface area contributed by atoms with Crippen molar-refractivity contribution in [3.8, 4) is 0 Å². The lowest BCUT2D eigenvalue weighted by Gasteiger charge is -2.38. The minimum Gasteiger partial charge on any atom is -0.396 e. The van der Waals surface area contributed by atoms with Crippen molar-refractivity contribution in [2.45, 2.75) is 6.54 Å². The van der Waals surface area contributed by atoms with Gasteiger partial charge in [0.2, 0.25) is 0 Å². The Morgan fingerprint density at radius 3 is 2.87 bits per heavy atom. The van der Waals surface area contributed by atoms with Gasteiger partial charge in [0.05, 0.1) is 0 Å². The smallest absolute Gasteiger partial charge is 0.0483 e. The summed E-state index contributed by atoms with van der Waals surface area (Å²) in [6, 6.07) is 5.98. The van der Waals surface area contributed by atoms with Gasteiger partial charge in [-0.25, -0.2) is 0 Å². The van der Waals surface area contributed by atoms with E-state index in [0.717, 1.165) is 24.7 Å². The molecule has 1 aromatic rings. The molecule has 1 N–H and O–H groups in total. The molecular weight excluding hydrogens is 324 g/mol. The monoisotopic (exact) mass is 337 g/mol. The van der Waals surface area contributed by atoms with Crippen molar-refractivity contribution in [3.63, 3.8) is 0 Å². The molecule has 1 aliphatic rings. The van der Waals surface area contributed by atoms with E-state index < -0.39 is 0 Å². The van der Waals surface area contributed by atoms with E-state index >= 15 is 0 Å². The predicted octanol–water partition coefficient (Wildman–Crippen LogP) is 2.37. The SMILES string of the molecule is OCC1CN(Cc2cc(Cl)ccc2I)C1. The average molecular weight is 338 g/mol. The molecule has 4 heteroatoms. The summed E-state index contributed by atoms with van der Waals surface area (Å²) in [7, 11) is 0. The molecule has 0 spiro atoms. The maximum Gasteiger partial charge on any atom is 0.0483 e. The zero-order valence-electron chi connectivity index (χ0n) is 8.29. The van der Waals surface area contributed by atoms with E-state index in [-0.39, 0.29) is 0 Å². The van der Waals surface area contributed by atoms with E-state index in [9.17, 15) is 0 Å². The van der Waals surface area contributed by atoms with Gasteiger partial charge in [0, 0.05) is 40.8 Å². The summed E-state index contributed by atoms with van der Waals surface area (Å²) in [6.07, 6.45) is 0. The molecule has 0 unspecified atom stereocenters. The Labute approximate surface area is 108 Å². The first-order valence-corrected chi connectivity index (χ1v) is 6.42. The third-order valence-electron chi connectivity index (χ3n) is 2.69. The minimum absolute atomic E-state index is 0.309. The van der Waals surface area contributed by atoms with Gasteiger partial charge in [0.15, 0.2) is 0 Å². The predicted molar refractivity (Wildman–Crippen MR) is 70.0 cm³/mol. The first-order valence-electron chi connectivity index (χ1n) is 4.96. The summed E-state index contributed by atoms with van der Waals surface area (Å²) in [5.74, 6) is 0.474. The lowest BCUT2D eigenvalue weighted by molar-refractivity contribution is 0.0477. The van der Waals surface area contributed by atoms with Crippen LogP contribution in [-0.2, 0) is 6.54 Å². The zero-order valence-corrected chi connectivity index (χ0v) is 11.2. The van der Waals surface area contributed by atoms with Crippen molar-refractivity contribution in [1.82, 2.24) is 4.90 Å². The maximum atomic E-state index is 8.92. The molecule has 1 aromatic carbocycles. The van der Waals surface area contributed by atoms with E-state index in [1.54, 1.807) is 0 Å². The molecule has 15 heavy (non-hydrogen) atoms. The summed E-state index contributed by atoms with van der Waals surface area (Å²) in [5.41, 5.74) is 1.28. The topological polar surface area (TPSA) is 23.5 Å². The normalized spacial score (nSPS) is 17.8. The molecule has 0 bridgehead atoms. The Bertz CT molecular complexity index is 352. The summed E-state index contributed by atoms with van der Waals surface area (Å²) in [6.45, 7) is 3.25. The van der Waals surface area contributed by atoms with Gasteiger partial charge in [0.25, 0.3) is 0 Å². The molecule has 0 radical (unpaired) electrons. The third-order valence-corrected chi connectivity index (χ3v) is 3.98. The molecule has 1 fully saturated rings. The van der Waals surface area contributed by atoms with Crippen LogP contribution in [0, 0.1) is 9.49 Å². The van der Waals surface area contributed by atoms with Crippen molar-refractivity contribution in [2.75, 3.05) is 19.7 Å². The van der Waals surface area contributed by atoms with Crippen LogP contribution in [-0.4, -0.2) is 29.7 Å². The second-order valence-electron chi connectivity index (χ2n) is 3.98. The number of nitrogens with zero attached hydrogens (tertiary/aromatic N) is 1. The van der Waals surface area contributed by atoms with Crippen molar-refractivity contribution in [2.24, 2.45) is 5.92 Å². The van der Waals surface area contributed by atoms with E-state index in [4.69, 9.17) is 16.7 Å². The number of likely N-dealkylation sites (tertiary alicyclic amines) is 1. The second-order valence-corrected chi connectivity index (χ2v) is 5.58. The van der Waals surface area contributed by atoms with Gasteiger partial charge in [-0.15, -0.1) is 0 Å². The van der Waals surface area contributed by atoms with Crippen molar-refractivity contribution < 1.29 is 5.11 Å². The third kappa shape index (κ3) is 2.84. The van der Waals surface area contributed by atoms with Crippen LogP contribution < -0.4 is 0 Å². The highest BCUT2D eigenvalue weighted by Gasteiger charge is 2.25. The first kappa shape index (κ1) is 11.6. The Hall–Kier alpha value is 0.160. The van der Waals surface area contributed by atoms with Crippen LogP contribution in [0.15, 0.2) is 18.2 Å². The number of halogens is 2. The fourth-order valence-electron chi connectivity index (χ4n) is 1.83. The molecule has 1 heterocycles. The number of rotatable bonds is 3. The van der Waals surface area contributed by atoms with Gasteiger partial charge in [-0.05, 0) is 46.4 Å².